The maximum absolute atomic E-state index is 11.3. The highest BCUT2D eigenvalue weighted by Gasteiger charge is 2.01. The fourth-order valence-electron chi connectivity index (χ4n) is 0.816. The first kappa shape index (κ1) is 10.1. The standard InChI is InChI=1S/C8H11ClOS2/c1-12(2,10)7-11-5-3-4-8(9)6-11/h3-6H,1,7H2,2H3. The monoisotopic (exact) mass is 222 g/mol. The first-order valence-corrected chi connectivity index (χ1v) is 7.55. The van der Waals surface area contributed by atoms with E-state index in [1.165, 1.54) is 0 Å². The molecule has 0 bridgehead atoms. The molecule has 0 aromatic rings. The third-order valence-electron chi connectivity index (χ3n) is 1.16. The first-order valence-electron chi connectivity index (χ1n) is 3.35. The summed E-state index contributed by atoms with van der Waals surface area (Å²) in [6, 6.07) is 0. The van der Waals surface area contributed by atoms with Crippen LogP contribution in [0.1, 0.15) is 0 Å². The Kier molecular flexibility index (Phi) is 3.21. The van der Waals surface area contributed by atoms with Crippen LogP contribution in [-0.2, 0) is 9.52 Å². The van der Waals surface area contributed by atoms with E-state index in [-0.39, 0.29) is 10.5 Å². The Balaban J connectivity index is 2.81. The lowest BCUT2D eigenvalue weighted by molar-refractivity contribution is 0.688. The maximum Gasteiger partial charge on any atom is 0.0602 e. The summed E-state index contributed by atoms with van der Waals surface area (Å²) in [6.45, 7) is 0. The predicted octanol–water partition coefficient (Wildman–Crippen LogP) is 2.01. The fourth-order valence-corrected chi connectivity index (χ4v) is 4.85. The van der Waals surface area contributed by atoms with Crippen LogP contribution in [0, 0.1) is 0 Å². The van der Waals surface area contributed by atoms with Gasteiger partial charge in [0.2, 0.25) is 0 Å². The Morgan fingerprint density at radius 3 is 2.92 bits per heavy atom. The van der Waals surface area contributed by atoms with Gasteiger partial charge in [-0.1, -0.05) is 17.7 Å². The van der Waals surface area contributed by atoms with E-state index in [1.807, 2.05) is 22.9 Å². The van der Waals surface area contributed by atoms with Crippen LogP contribution < -0.4 is 0 Å². The first-order chi connectivity index (χ1) is 5.47. The molecule has 2 unspecified atom stereocenters. The SMILES string of the molecule is C=S(C)(=O)CS1=CC(Cl)=CC=C1. The van der Waals surface area contributed by atoms with Gasteiger partial charge < -0.3 is 0 Å². The van der Waals surface area contributed by atoms with Gasteiger partial charge in [0.15, 0.2) is 0 Å². The van der Waals surface area contributed by atoms with Gasteiger partial charge in [-0.3, -0.25) is 4.21 Å². The highest BCUT2D eigenvalue weighted by atomic mass is 35.5. The molecule has 0 saturated heterocycles. The summed E-state index contributed by atoms with van der Waals surface area (Å²) in [4.78, 5) is 0. The van der Waals surface area contributed by atoms with Crippen molar-refractivity contribution in [2.75, 3.05) is 11.3 Å². The van der Waals surface area contributed by atoms with Gasteiger partial charge >= 0.3 is 0 Å². The fraction of sp³-hybridized carbons (Fsp3) is 0.250. The van der Waals surface area contributed by atoms with Crippen LogP contribution in [0.4, 0.5) is 0 Å². The van der Waals surface area contributed by atoms with Crippen molar-refractivity contribution in [1.29, 1.82) is 0 Å². The zero-order valence-electron chi connectivity index (χ0n) is 6.83. The summed E-state index contributed by atoms with van der Waals surface area (Å²) in [5.41, 5.74) is 0. The third-order valence-corrected chi connectivity index (χ3v) is 5.67. The Morgan fingerprint density at radius 2 is 2.42 bits per heavy atom. The van der Waals surface area contributed by atoms with Crippen molar-refractivity contribution >= 4 is 42.8 Å². The predicted molar refractivity (Wildman–Crippen MR) is 62.8 cm³/mol. The summed E-state index contributed by atoms with van der Waals surface area (Å²) in [7, 11) is -1.99. The molecule has 0 fully saturated rings. The number of allylic oxidation sites excluding steroid dienone is 3. The van der Waals surface area contributed by atoms with E-state index in [0.717, 1.165) is 5.03 Å². The zero-order valence-corrected chi connectivity index (χ0v) is 9.22. The van der Waals surface area contributed by atoms with E-state index in [2.05, 4.69) is 5.87 Å². The van der Waals surface area contributed by atoms with Gasteiger partial charge in [-0.25, -0.2) is 0 Å². The molecule has 1 nitrogen and oxygen atoms in total. The van der Waals surface area contributed by atoms with Crippen LogP contribution in [0.25, 0.3) is 0 Å². The minimum absolute atomic E-state index is 0.0880. The van der Waals surface area contributed by atoms with E-state index in [4.69, 9.17) is 11.6 Å². The molecule has 0 spiro atoms. The van der Waals surface area contributed by atoms with E-state index in [1.54, 1.807) is 6.26 Å². The Morgan fingerprint density at radius 1 is 1.75 bits per heavy atom. The van der Waals surface area contributed by atoms with E-state index < -0.39 is 9.52 Å². The molecule has 68 valence electrons. The molecular formula is C8H11ClOS2. The quantitative estimate of drug-likeness (QED) is 0.654. The Labute approximate surface area is 81.1 Å². The molecule has 0 amide bonds. The van der Waals surface area contributed by atoms with Crippen LogP contribution in [-0.4, -0.2) is 26.8 Å². The van der Waals surface area contributed by atoms with Crippen LogP contribution in [0.5, 0.6) is 0 Å². The smallest absolute Gasteiger partial charge is 0.0602 e. The molecule has 1 rings (SSSR count). The average molecular weight is 223 g/mol. The minimum atomic E-state index is -1.90. The molecule has 2 atom stereocenters. The summed E-state index contributed by atoms with van der Waals surface area (Å²) >= 11 is 5.79. The molecule has 0 saturated carbocycles. The second kappa shape index (κ2) is 3.81. The third kappa shape index (κ3) is 3.61. The van der Waals surface area contributed by atoms with E-state index >= 15 is 0 Å². The van der Waals surface area contributed by atoms with Crippen molar-refractivity contribution in [3.63, 3.8) is 0 Å². The largest absolute Gasteiger partial charge is 0.267 e. The highest BCUT2D eigenvalue weighted by molar-refractivity contribution is 8.26. The number of rotatable bonds is 2. The molecule has 1 aliphatic heterocycles. The molecule has 0 N–H and O–H groups in total. The van der Waals surface area contributed by atoms with Crippen LogP contribution in [0.3, 0.4) is 0 Å². The zero-order chi connectivity index (χ0) is 9.19. The lowest BCUT2D eigenvalue weighted by Gasteiger charge is -2.07. The maximum atomic E-state index is 11.3. The topological polar surface area (TPSA) is 17.1 Å². The Hall–Kier alpha value is 0.01000. The van der Waals surface area contributed by atoms with Gasteiger partial charge in [0.05, 0.1) is 5.08 Å². The molecule has 0 aromatic carbocycles. The van der Waals surface area contributed by atoms with E-state index in [9.17, 15) is 4.21 Å². The minimum Gasteiger partial charge on any atom is -0.267 e. The van der Waals surface area contributed by atoms with Crippen LogP contribution in [0.2, 0.25) is 0 Å². The summed E-state index contributed by atoms with van der Waals surface area (Å²) in [5.74, 6) is 3.61. The van der Waals surface area contributed by atoms with Crippen molar-refractivity contribution < 1.29 is 4.21 Å². The number of hydrogen-bond donors (Lipinski definition) is 0. The molecule has 0 aliphatic carbocycles. The molecule has 4 heteroatoms. The van der Waals surface area contributed by atoms with E-state index in [0.29, 0.717) is 5.08 Å². The van der Waals surface area contributed by atoms with Gasteiger partial charge in [-0.2, -0.15) is 0 Å². The molecule has 1 aliphatic rings. The van der Waals surface area contributed by atoms with Gasteiger partial charge in [0.1, 0.15) is 0 Å². The van der Waals surface area contributed by atoms with Crippen molar-refractivity contribution in [2.45, 2.75) is 0 Å². The van der Waals surface area contributed by atoms with Crippen molar-refractivity contribution in [3.8, 4) is 0 Å². The molecule has 0 aromatic heterocycles. The van der Waals surface area contributed by atoms with Crippen molar-refractivity contribution in [3.05, 3.63) is 22.6 Å². The second-order valence-corrected chi connectivity index (χ2v) is 7.96. The highest BCUT2D eigenvalue weighted by Crippen LogP contribution is 2.22. The number of hydrogen-bond acceptors (Lipinski definition) is 1. The molecule has 12 heavy (non-hydrogen) atoms. The molecule has 0 radical (unpaired) electrons. The molecular weight excluding hydrogens is 212 g/mol. The molecule has 1 heterocycles. The second-order valence-electron chi connectivity index (χ2n) is 2.77. The average Bonchev–Trinajstić information content (AvgIpc) is 1.82. The summed E-state index contributed by atoms with van der Waals surface area (Å²) in [6.07, 6.45) is 5.40. The van der Waals surface area contributed by atoms with Gasteiger partial charge in [-0.15, -0.1) is 10.5 Å². The van der Waals surface area contributed by atoms with Crippen LogP contribution in [0.15, 0.2) is 22.6 Å². The lowest BCUT2D eigenvalue weighted by Crippen LogP contribution is -2.00. The summed E-state index contributed by atoms with van der Waals surface area (Å²) < 4.78 is 11.3. The van der Waals surface area contributed by atoms with Crippen LogP contribution >= 0.6 is 22.1 Å². The van der Waals surface area contributed by atoms with Gasteiger partial charge in [0, 0.05) is 11.3 Å². The van der Waals surface area contributed by atoms with Gasteiger partial charge in [0.25, 0.3) is 0 Å². The van der Waals surface area contributed by atoms with Crippen molar-refractivity contribution in [1.82, 2.24) is 0 Å². The number of halogens is 1. The normalized spacial score (nSPS) is 27.2. The lowest BCUT2D eigenvalue weighted by atomic mass is 10.5. The van der Waals surface area contributed by atoms with Gasteiger partial charge in [-0.05, 0) is 32.2 Å². The summed E-state index contributed by atoms with van der Waals surface area (Å²) in [5, 5.41) is 5.27. The Bertz CT molecular complexity index is 361. The van der Waals surface area contributed by atoms with Crippen molar-refractivity contribution in [2.24, 2.45) is 0 Å².